The number of carbonyl (C=O) groups excluding carboxylic acids is 1. The first-order valence-electron chi connectivity index (χ1n) is 7.68. The van der Waals surface area contributed by atoms with Crippen LogP contribution in [0, 0.1) is 0 Å². The number of carbonyl (C=O) groups is 1. The number of benzene rings is 1. The fourth-order valence-corrected chi connectivity index (χ4v) is 3.72. The van der Waals surface area contributed by atoms with Crippen LogP contribution in [0.2, 0.25) is 0 Å². The summed E-state index contributed by atoms with van der Waals surface area (Å²) in [6.45, 7) is 0. The van der Waals surface area contributed by atoms with Crippen LogP contribution in [0.15, 0.2) is 47.9 Å². The zero-order chi connectivity index (χ0) is 15.6. The van der Waals surface area contributed by atoms with Gasteiger partial charge < -0.3 is 4.98 Å². The van der Waals surface area contributed by atoms with Gasteiger partial charge in [-0.1, -0.05) is 30.3 Å². The number of hydrogen-bond donors (Lipinski definition) is 3. The Morgan fingerprint density at radius 2 is 2.13 bits per heavy atom. The summed E-state index contributed by atoms with van der Waals surface area (Å²) in [5.41, 5.74) is 10.4. The molecule has 2 aromatic heterocycles. The number of nitrogens with one attached hydrogen (secondary N) is 3. The zero-order valence-electron chi connectivity index (χ0n) is 12.6. The molecule has 0 fully saturated rings. The molecule has 2 heterocycles. The number of para-hydroxylation sites is 1. The minimum atomic E-state index is -0.0309. The van der Waals surface area contributed by atoms with Gasteiger partial charge in [0, 0.05) is 15.8 Å². The van der Waals surface area contributed by atoms with Gasteiger partial charge in [0.2, 0.25) is 5.91 Å². The summed E-state index contributed by atoms with van der Waals surface area (Å²) in [6.07, 6.45) is 4.52. The van der Waals surface area contributed by atoms with Crippen LogP contribution < -0.4 is 10.9 Å². The fraction of sp³-hybridized carbons (Fsp3) is 0.167. The van der Waals surface area contributed by atoms with E-state index in [4.69, 9.17) is 0 Å². The Balaban J connectivity index is 1.50. The molecule has 0 saturated carbocycles. The van der Waals surface area contributed by atoms with Crippen molar-refractivity contribution in [1.29, 1.82) is 0 Å². The Morgan fingerprint density at radius 3 is 3.00 bits per heavy atom. The van der Waals surface area contributed by atoms with Gasteiger partial charge in [-0.2, -0.15) is 0 Å². The second-order valence-corrected chi connectivity index (χ2v) is 6.64. The monoisotopic (exact) mass is 323 g/mol. The van der Waals surface area contributed by atoms with Crippen LogP contribution in [-0.4, -0.2) is 10.9 Å². The third-order valence-electron chi connectivity index (χ3n) is 4.08. The van der Waals surface area contributed by atoms with Crippen LogP contribution in [0.3, 0.4) is 0 Å². The van der Waals surface area contributed by atoms with Crippen LogP contribution in [0.5, 0.6) is 0 Å². The minimum absolute atomic E-state index is 0.0309. The van der Waals surface area contributed by atoms with Crippen LogP contribution in [0.4, 0.5) is 0 Å². The number of thiophene rings is 1. The molecular weight excluding hydrogens is 306 g/mol. The van der Waals surface area contributed by atoms with E-state index in [1.165, 1.54) is 10.9 Å². The molecule has 0 saturated heterocycles. The molecule has 4 rings (SSSR count). The summed E-state index contributed by atoms with van der Waals surface area (Å²) < 4.78 is 0. The predicted octanol–water partition coefficient (Wildman–Crippen LogP) is 3.38. The van der Waals surface area contributed by atoms with Crippen LogP contribution in [0.1, 0.15) is 22.6 Å². The molecule has 3 aromatic rings. The number of fused-ring (bicyclic) bond motifs is 3. The lowest BCUT2D eigenvalue weighted by molar-refractivity contribution is -0.121. The summed E-state index contributed by atoms with van der Waals surface area (Å²) in [6, 6.07) is 12.2. The summed E-state index contributed by atoms with van der Waals surface area (Å²) >= 11 is 1.59. The first kappa shape index (κ1) is 14.1. The van der Waals surface area contributed by atoms with Gasteiger partial charge in [-0.15, -0.1) is 11.3 Å². The quantitative estimate of drug-likeness (QED) is 0.645. The van der Waals surface area contributed by atoms with Crippen molar-refractivity contribution in [3.63, 3.8) is 0 Å². The standard InChI is InChI=1S/C18H17N3OS/c22-17(11-12-5-4-10-23-12)21-20-16-9-3-7-14-13-6-1-2-8-15(13)19-18(14)16/h1-2,4-6,8-10,19-20H,3,7,11H2,(H,21,22). The van der Waals surface area contributed by atoms with Crippen molar-refractivity contribution in [3.8, 4) is 0 Å². The maximum atomic E-state index is 12.0. The van der Waals surface area contributed by atoms with Crippen molar-refractivity contribution in [3.05, 3.63) is 64.0 Å². The number of H-pyrrole nitrogens is 1. The van der Waals surface area contributed by atoms with E-state index in [0.717, 1.165) is 34.6 Å². The molecule has 1 aliphatic rings. The minimum Gasteiger partial charge on any atom is -0.353 e. The smallest absolute Gasteiger partial charge is 0.243 e. The molecule has 0 atom stereocenters. The molecule has 0 spiro atoms. The van der Waals surface area contributed by atoms with E-state index >= 15 is 0 Å². The lowest BCUT2D eigenvalue weighted by atomic mass is 9.99. The van der Waals surface area contributed by atoms with Crippen molar-refractivity contribution in [2.75, 3.05) is 0 Å². The Kier molecular flexibility index (Phi) is 3.63. The van der Waals surface area contributed by atoms with Gasteiger partial charge in [0.15, 0.2) is 0 Å². The Hall–Kier alpha value is -2.53. The van der Waals surface area contributed by atoms with Gasteiger partial charge >= 0.3 is 0 Å². The molecule has 0 radical (unpaired) electrons. The third-order valence-corrected chi connectivity index (χ3v) is 4.95. The normalized spacial score (nSPS) is 13.5. The van der Waals surface area contributed by atoms with Crippen LogP contribution >= 0.6 is 11.3 Å². The number of rotatable bonds is 4. The number of hydrazine groups is 1. The zero-order valence-corrected chi connectivity index (χ0v) is 13.4. The molecule has 1 aliphatic carbocycles. The molecule has 3 N–H and O–H groups in total. The maximum Gasteiger partial charge on any atom is 0.243 e. The van der Waals surface area contributed by atoms with Gasteiger partial charge in [0.1, 0.15) is 0 Å². The van der Waals surface area contributed by atoms with Crippen molar-refractivity contribution in [2.45, 2.75) is 19.3 Å². The van der Waals surface area contributed by atoms with E-state index in [0.29, 0.717) is 6.42 Å². The number of aromatic amines is 1. The summed E-state index contributed by atoms with van der Waals surface area (Å²) in [5, 5.41) is 3.25. The SMILES string of the molecule is O=C(Cc1cccs1)NNC1=CCCc2c1[nH]c1ccccc21. The lowest BCUT2D eigenvalue weighted by Gasteiger charge is -2.16. The molecule has 0 aliphatic heterocycles. The molecule has 1 aromatic carbocycles. The fourth-order valence-electron chi connectivity index (χ4n) is 3.02. The molecule has 1 amide bonds. The van der Waals surface area contributed by atoms with Gasteiger partial charge in [-0.25, -0.2) is 0 Å². The summed E-state index contributed by atoms with van der Waals surface area (Å²) in [4.78, 5) is 16.6. The second kappa shape index (κ2) is 5.93. The maximum absolute atomic E-state index is 12.0. The highest BCUT2D eigenvalue weighted by Crippen LogP contribution is 2.30. The van der Waals surface area contributed by atoms with Gasteiger partial charge in [0.25, 0.3) is 0 Å². The van der Waals surface area contributed by atoms with E-state index in [2.05, 4.69) is 40.1 Å². The number of aryl methyl sites for hydroxylation is 1. The van der Waals surface area contributed by atoms with Gasteiger partial charge in [-0.05, 0) is 35.9 Å². The number of amides is 1. The number of hydrogen-bond acceptors (Lipinski definition) is 3. The molecule has 5 heteroatoms. The lowest BCUT2D eigenvalue weighted by Crippen LogP contribution is -2.37. The molecule has 0 unspecified atom stereocenters. The average molecular weight is 323 g/mol. The molecule has 4 nitrogen and oxygen atoms in total. The van der Waals surface area contributed by atoms with E-state index in [1.807, 2.05) is 23.6 Å². The third kappa shape index (κ3) is 2.75. The van der Waals surface area contributed by atoms with Crippen molar-refractivity contribution in [1.82, 2.24) is 15.8 Å². The molecule has 0 bridgehead atoms. The molecular formula is C18H17N3OS. The van der Waals surface area contributed by atoms with Crippen molar-refractivity contribution < 1.29 is 4.79 Å². The van der Waals surface area contributed by atoms with Crippen LogP contribution in [-0.2, 0) is 17.6 Å². The van der Waals surface area contributed by atoms with Crippen molar-refractivity contribution in [2.24, 2.45) is 0 Å². The summed E-state index contributed by atoms with van der Waals surface area (Å²) in [7, 11) is 0. The van der Waals surface area contributed by atoms with E-state index < -0.39 is 0 Å². The second-order valence-electron chi connectivity index (χ2n) is 5.61. The van der Waals surface area contributed by atoms with Crippen LogP contribution in [0.25, 0.3) is 16.6 Å². The Bertz CT molecular complexity index is 877. The topological polar surface area (TPSA) is 56.9 Å². The number of aromatic nitrogens is 1. The number of allylic oxidation sites excluding steroid dienone is 1. The molecule has 23 heavy (non-hydrogen) atoms. The van der Waals surface area contributed by atoms with Gasteiger partial charge in [-0.3, -0.25) is 15.6 Å². The first-order chi connectivity index (χ1) is 11.3. The Morgan fingerprint density at radius 1 is 1.22 bits per heavy atom. The van der Waals surface area contributed by atoms with Crippen molar-refractivity contribution >= 4 is 33.8 Å². The highest BCUT2D eigenvalue weighted by molar-refractivity contribution is 7.10. The first-order valence-corrected chi connectivity index (χ1v) is 8.56. The van der Waals surface area contributed by atoms with E-state index in [1.54, 1.807) is 11.3 Å². The average Bonchev–Trinajstić information content (AvgIpc) is 3.20. The molecule has 116 valence electrons. The Labute approximate surface area is 138 Å². The van der Waals surface area contributed by atoms with E-state index in [9.17, 15) is 4.79 Å². The van der Waals surface area contributed by atoms with E-state index in [-0.39, 0.29) is 5.91 Å². The summed E-state index contributed by atoms with van der Waals surface area (Å²) in [5.74, 6) is -0.0309. The highest BCUT2D eigenvalue weighted by atomic mass is 32.1. The predicted molar refractivity (Wildman–Crippen MR) is 93.9 cm³/mol. The van der Waals surface area contributed by atoms with Gasteiger partial charge in [0.05, 0.1) is 17.8 Å². The largest absolute Gasteiger partial charge is 0.353 e. The highest BCUT2D eigenvalue weighted by Gasteiger charge is 2.18.